The molecule has 70 valence electrons. The molecule has 0 aliphatic heterocycles. The average Bonchev–Trinajstić information content (AvgIpc) is 2.04. The summed E-state index contributed by atoms with van der Waals surface area (Å²) in [5.41, 5.74) is 12.0. The second-order valence-electron chi connectivity index (χ2n) is 2.49. The first-order valence-electron chi connectivity index (χ1n) is 4.05. The van der Waals surface area contributed by atoms with Gasteiger partial charge in [-0.25, -0.2) is 0 Å². The van der Waals surface area contributed by atoms with Crippen molar-refractivity contribution in [3.05, 3.63) is 24.3 Å². The molecule has 3 nitrogen and oxygen atoms in total. The fraction of sp³-hybridized carbons (Fsp3) is 0.222. The summed E-state index contributed by atoms with van der Waals surface area (Å²) in [6.45, 7) is 2.66. The van der Waals surface area contributed by atoms with E-state index in [9.17, 15) is 0 Å². The van der Waals surface area contributed by atoms with Crippen LogP contribution in [0.3, 0.4) is 0 Å². The van der Waals surface area contributed by atoms with Crippen molar-refractivity contribution in [1.82, 2.24) is 0 Å². The molecule has 0 amide bonds. The number of aliphatic imine (C=N–C) groups is 1. The van der Waals surface area contributed by atoms with E-state index in [2.05, 4.69) is 4.99 Å². The molecule has 0 bridgehead atoms. The molecule has 0 fully saturated rings. The standard InChI is InChI=1S/C9H13N3S/c1-2-12-9(11)13-8-5-3-4-7(10)6-8/h3-6H,2,10H2,1H3,(H2,11,12). The van der Waals surface area contributed by atoms with E-state index in [1.807, 2.05) is 31.2 Å². The molecule has 0 heterocycles. The van der Waals surface area contributed by atoms with Crippen molar-refractivity contribution in [2.24, 2.45) is 10.7 Å². The Morgan fingerprint density at radius 1 is 1.54 bits per heavy atom. The lowest BCUT2D eigenvalue weighted by atomic mass is 10.3. The Morgan fingerprint density at radius 2 is 2.31 bits per heavy atom. The van der Waals surface area contributed by atoms with Crippen molar-refractivity contribution in [2.45, 2.75) is 11.8 Å². The fourth-order valence-corrected chi connectivity index (χ4v) is 1.66. The van der Waals surface area contributed by atoms with Gasteiger partial charge in [0.1, 0.15) is 0 Å². The Labute approximate surface area is 82.2 Å². The third kappa shape index (κ3) is 3.38. The number of benzene rings is 1. The molecule has 0 aromatic heterocycles. The minimum atomic E-state index is 0.577. The number of nitrogen functional groups attached to an aromatic ring is 1. The Bertz CT molecular complexity index is 309. The monoisotopic (exact) mass is 195 g/mol. The van der Waals surface area contributed by atoms with Crippen molar-refractivity contribution >= 4 is 22.6 Å². The van der Waals surface area contributed by atoms with Crippen LogP contribution in [0.2, 0.25) is 0 Å². The van der Waals surface area contributed by atoms with Crippen molar-refractivity contribution in [3.63, 3.8) is 0 Å². The SMILES string of the molecule is CC/N=C(\N)Sc1cccc(N)c1. The summed E-state index contributed by atoms with van der Waals surface area (Å²) in [7, 11) is 0. The van der Waals surface area contributed by atoms with Crippen LogP contribution in [0.4, 0.5) is 5.69 Å². The third-order valence-corrected chi connectivity index (χ3v) is 2.22. The molecule has 0 radical (unpaired) electrons. The summed E-state index contributed by atoms with van der Waals surface area (Å²) in [6, 6.07) is 7.58. The summed E-state index contributed by atoms with van der Waals surface area (Å²) >= 11 is 1.43. The van der Waals surface area contributed by atoms with Crippen LogP contribution < -0.4 is 11.5 Å². The van der Waals surface area contributed by atoms with Crippen LogP contribution in [0.1, 0.15) is 6.92 Å². The Morgan fingerprint density at radius 3 is 2.92 bits per heavy atom. The minimum Gasteiger partial charge on any atom is -0.399 e. The molecule has 13 heavy (non-hydrogen) atoms. The third-order valence-electron chi connectivity index (χ3n) is 1.39. The predicted octanol–water partition coefficient (Wildman–Crippen LogP) is 1.70. The maximum Gasteiger partial charge on any atom is 0.158 e. The molecular weight excluding hydrogens is 182 g/mol. The lowest BCUT2D eigenvalue weighted by molar-refractivity contribution is 1.13. The lowest BCUT2D eigenvalue weighted by Gasteiger charge is -2.00. The van der Waals surface area contributed by atoms with Crippen LogP contribution in [0.25, 0.3) is 0 Å². The molecule has 0 aliphatic rings. The zero-order valence-corrected chi connectivity index (χ0v) is 8.34. The second kappa shape index (κ2) is 4.77. The van der Waals surface area contributed by atoms with E-state index in [1.54, 1.807) is 0 Å². The summed E-state index contributed by atoms with van der Waals surface area (Å²) < 4.78 is 0. The number of nitrogens with two attached hydrogens (primary N) is 2. The van der Waals surface area contributed by atoms with Crippen LogP contribution in [-0.4, -0.2) is 11.7 Å². The summed E-state index contributed by atoms with van der Waals surface area (Å²) in [4.78, 5) is 5.09. The van der Waals surface area contributed by atoms with Crippen molar-refractivity contribution in [2.75, 3.05) is 12.3 Å². The van der Waals surface area contributed by atoms with E-state index in [1.165, 1.54) is 11.8 Å². The van der Waals surface area contributed by atoms with Crippen LogP contribution in [0.15, 0.2) is 34.2 Å². The second-order valence-corrected chi connectivity index (χ2v) is 3.58. The molecule has 4 N–H and O–H groups in total. The fourth-order valence-electron chi connectivity index (χ4n) is 0.887. The Balaban J connectivity index is 2.69. The molecule has 1 aromatic carbocycles. The van der Waals surface area contributed by atoms with Gasteiger partial charge in [0, 0.05) is 17.1 Å². The van der Waals surface area contributed by atoms with Gasteiger partial charge < -0.3 is 11.5 Å². The molecule has 0 atom stereocenters. The number of rotatable bonds is 2. The number of thioether (sulfide) groups is 1. The highest BCUT2D eigenvalue weighted by Crippen LogP contribution is 2.19. The van der Waals surface area contributed by atoms with E-state index in [0.29, 0.717) is 11.7 Å². The number of nitrogens with zero attached hydrogens (tertiary/aromatic N) is 1. The Kier molecular flexibility index (Phi) is 3.64. The molecule has 0 saturated carbocycles. The smallest absolute Gasteiger partial charge is 0.158 e. The van der Waals surface area contributed by atoms with Crippen LogP contribution in [0, 0.1) is 0 Å². The highest BCUT2D eigenvalue weighted by Gasteiger charge is 1.96. The molecule has 0 saturated heterocycles. The maximum absolute atomic E-state index is 5.64. The molecule has 4 heteroatoms. The number of anilines is 1. The first-order valence-corrected chi connectivity index (χ1v) is 4.87. The zero-order valence-electron chi connectivity index (χ0n) is 7.53. The van der Waals surface area contributed by atoms with Gasteiger partial charge in [0.25, 0.3) is 0 Å². The number of hydrogen-bond acceptors (Lipinski definition) is 3. The largest absolute Gasteiger partial charge is 0.399 e. The molecule has 0 spiro atoms. The molecule has 1 aromatic rings. The van der Waals surface area contributed by atoms with Crippen molar-refractivity contribution in [1.29, 1.82) is 0 Å². The first kappa shape index (κ1) is 9.92. The average molecular weight is 195 g/mol. The van der Waals surface area contributed by atoms with Gasteiger partial charge in [-0.2, -0.15) is 0 Å². The molecule has 0 aliphatic carbocycles. The van der Waals surface area contributed by atoms with Gasteiger partial charge in [-0.1, -0.05) is 17.8 Å². The van der Waals surface area contributed by atoms with Crippen LogP contribution in [-0.2, 0) is 0 Å². The highest BCUT2D eigenvalue weighted by atomic mass is 32.2. The van der Waals surface area contributed by atoms with E-state index in [-0.39, 0.29) is 0 Å². The van der Waals surface area contributed by atoms with E-state index in [0.717, 1.165) is 10.6 Å². The molecular formula is C9H13N3S. The van der Waals surface area contributed by atoms with Gasteiger partial charge in [0.05, 0.1) is 0 Å². The maximum atomic E-state index is 5.64. The van der Waals surface area contributed by atoms with Crippen molar-refractivity contribution < 1.29 is 0 Å². The van der Waals surface area contributed by atoms with Gasteiger partial charge in [0.2, 0.25) is 0 Å². The van der Waals surface area contributed by atoms with Gasteiger partial charge in [-0.3, -0.25) is 4.99 Å². The number of hydrogen-bond donors (Lipinski definition) is 2. The van der Waals surface area contributed by atoms with E-state index < -0.39 is 0 Å². The highest BCUT2D eigenvalue weighted by molar-refractivity contribution is 8.13. The zero-order chi connectivity index (χ0) is 9.68. The van der Waals surface area contributed by atoms with E-state index >= 15 is 0 Å². The van der Waals surface area contributed by atoms with E-state index in [4.69, 9.17) is 11.5 Å². The topological polar surface area (TPSA) is 64.4 Å². The van der Waals surface area contributed by atoms with Crippen LogP contribution >= 0.6 is 11.8 Å². The van der Waals surface area contributed by atoms with Crippen LogP contribution in [0.5, 0.6) is 0 Å². The number of amidine groups is 1. The lowest BCUT2D eigenvalue weighted by Crippen LogP contribution is -2.06. The quantitative estimate of drug-likeness (QED) is 0.327. The minimum absolute atomic E-state index is 0.577. The predicted molar refractivity (Wildman–Crippen MR) is 58.9 cm³/mol. The normalized spacial score (nSPS) is 11.6. The first-order chi connectivity index (χ1) is 6.22. The van der Waals surface area contributed by atoms with Gasteiger partial charge in [-0.05, 0) is 25.1 Å². The van der Waals surface area contributed by atoms with Crippen molar-refractivity contribution in [3.8, 4) is 0 Å². The Hall–Kier alpha value is -1.16. The summed E-state index contributed by atoms with van der Waals surface area (Å²) in [5.74, 6) is 0. The summed E-state index contributed by atoms with van der Waals surface area (Å²) in [6.07, 6.45) is 0. The summed E-state index contributed by atoms with van der Waals surface area (Å²) in [5, 5.41) is 0.577. The van der Waals surface area contributed by atoms with Gasteiger partial charge in [-0.15, -0.1) is 0 Å². The molecule has 0 unspecified atom stereocenters. The van der Waals surface area contributed by atoms with Gasteiger partial charge in [0.15, 0.2) is 5.17 Å². The molecule has 1 rings (SSSR count). The van der Waals surface area contributed by atoms with Gasteiger partial charge >= 0.3 is 0 Å².